The average molecular weight is 308 g/mol. The normalized spacial score (nSPS) is 12.5. The Morgan fingerprint density at radius 2 is 1.75 bits per heavy atom. The minimum absolute atomic E-state index is 0.237. The van der Waals surface area contributed by atoms with Crippen LogP contribution in [0.4, 0.5) is 0 Å². The quantitative estimate of drug-likeness (QED) is 0.505. The fourth-order valence-corrected chi connectivity index (χ4v) is 2.91. The van der Waals surface area contributed by atoms with Gasteiger partial charge in [-0.3, -0.25) is 0 Å². The molecule has 0 heterocycles. The lowest BCUT2D eigenvalue weighted by Crippen LogP contribution is -2.32. The molecule has 0 aliphatic carbocycles. The SMILES string of the molecule is CCCNCCCCS(=O)(=O)NCCCN(C)C(C)C. The molecule has 5 nitrogen and oxygen atoms in total. The van der Waals surface area contributed by atoms with Crippen molar-refractivity contribution in [1.82, 2.24) is 14.9 Å². The second kappa shape index (κ2) is 11.5. The van der Waals surface area contributed by atoms with Crippen molar-refractivity contribution in [3.63, 3.8) is 0 Å². The van der Waals surface area contributed by atoms with Crippen LogP contribution < -0.4 is 10.0 Å². The van der Waals surface area contributed by atoms with Crippen LogP contribution in [-0.4, -0.2) is 58.3 Å². The summed E-state index contributed by atoms with van der Waals surface area (Å²) in [6, 6.07) is 0.502. The van der Waals surface area contributed by atoms with E-state index in [9.17, 15) is 8.42 Å². The van der Waals surface area contributed by atoms with Gasteiger partial charge < -0.3 is 10.2 Å². The second-order valence-electron chi connectivity index (χ2n) is 5.60. The van der Waals surface area contributed by atoms with Gasteiger partial charge in [0.25, 0.3) is 0 Å². The molecular weight excluding hydrogens is 274 g/mol. The van der Waals surface area contributed by atoms with Gasteiger partial charge in [-0.15, -0.1) is 0 Å². The summed E-state index contributed by atoms with van der Waals surface area (Å²) >= 11 is 0. The highest BCUT2D eigenvalue weighted by Crippen LogP contribution is 1.97. The Hall–Kier alpha value is -0.170. The molecule has 0 bridgehead atoms. The Kier molecular flexibility index (Phi) is 11.4. The van der Waals surface area contributed by atoms with Crippen LogP contribution in [0.15, 0.2) is 0 Å². The highest BCUT2D eigenvalue weighted by atomic mass is 32.2. The monoisotopic (exact) mass is 307 g/mol. The fraction of sp³-hybridized carbons (Fsp3) is 1.00. The van der Waals surface area contributed by atoms with Crippen LogP contribution in [0.1, 0.15) is 46.5 Å². The number of unbranched alkanes of at least 4 members (excludes halogenated alkanes) is 1. The molecule has 0 atom stereocenters. The van der Waals surface area contributed by atoms with Crippen molar-refractivity contribution in [2.45, 2.75) is 52.5 Å². The smallest absolute Gasteiger partial charge is 0.211 e. The average Bonchev–Trinajstić information content (AvgIpc) is 2.38. The molecule has 0 fully saturated rings. The number of hydrogen-bond acceptors (Lipinski definition) is 4. The summed E-state index contributed by atoms with van der Waals surface area (Å²) in [4.78, 5) is 2.22. The molecule has 0 aliphatic rings. The van der Waals surface area contributed by atoms with Crippen molar-refractivity contribution in [3.05, 3.63) is 0 Å². The van der Waals surface area contributed by atoms with E-state index < -0.39 is 10.0 Å². The Labute approximate surface area is 125 Å². The summed E-state index contributed by atoms with van der Waals surface area (Å²) in [5.74, 6) is 0.237. The molecule has 0 rings (SSSR count). The maximum Gasteiger partial charge on any atom is 0.211 e. The fourth-order valence-electron chi connectivity index (χ4n) is 1.73. The van der Waals surface area contributed by atoms with Gasteiger partial charge in [0.1, 0.15) is 0 Å². The van der Waals surface area contributed by atoms with Crippen LogP contribution in [0.2, 0.25) is 0 Å². The van der Waals surface area contributed by atoms with Gasteiger partial charge in [-0.2, -0.15) is 0 Å². The second-order valence-corrected chi connectivity index (χ2v) is 7.52. The van der Waals surface area contributed by atoms with Gasteiger partial charge >= 0.3 is 0 Å². The van der Waals surface area contributed by atoms with Crippen molar-refractivity contribution < 1.29 is 8.42 Å². The van der Waals surface area contributed by atoms with Crippen molar-refractivity contribution >= 4 is 10.0 Å². The van der Waals surface area contributed by atoms with Gasteiger partial charge in [0.15, 0.2) is 0 Å². The largest absolute Gasteiger partial charge is 0.317 e. The first kappa shape index (κ1) is 19.8. The number of nitrogens with zero attached hydrogens (tertiary/aromatic N) is 1. The van der Waals surface area contributed by atoms with Crippen molar-refractivity contribution in [2.75, 3.05) is 39.0 Å². The molecule has 0 aromatic rings. The van der Waals surface area contributed by atoms with Gasteiger partial charge in [0.2, 0.25) is 10.0 Å². The molecule has 0 aliphatic heterocycles. The standard InChI is InChI=1S/C14H33N3O2S/c1-5-9-15-10-6-7-13-20(18,19)16-11-8-12-17(4)14(2)3/h14-16H,5-13H2,1-4H3. The first-order valence-corrected chi connectivity index (χ1v) is 9.42. The van der Waals surface area contributed by atoms with E-state index >= 15 is 0 Å². The number of rotatable bonds is 13. The maximum atomic E-state index is 11.8. The van der Waals surface area contributed by atoms with Crippen LogP contribution >= 0.6 is 0 Å². The lowest BCUT2D eigenvalue weighted by atomic mass is 10.3. The zero-order chi connectivity index (χ0) is 15.4. The lowest BCUT2D eigenvalue weighted by Gasteiger charge is -2.20. The van der Waals surface area contributed by atoms with Crippen LogP contribution in [0.3, 0.4) is 0 Å². The van der Waals surface area contributed by atoms with E-state index in [4.69, 9.17) is 0 Å². The molecule has 20 heavy (non-hydrogen) atoms. The predicted octanol–water partition coefficient (Wildman–Crippen LogP) is 1.42. The van der Waals surface area contributed by atoms with E-state index in [-0.39, 0.29) is 5.75 Å². The van der Waals surface area contributed by atoms with Crippen molar-refractivity contribution in [2.24, 2.45) is 0 Å². The van der Waals surface area contributed by atoms with Crippen LogP contribution in [-0.2, 0) is 10.0 Å². The van der Waals surface area contributed by atoms with Crippen molar-refractivity contribution in [3.8, 4) is 0 Å². The summed E-state index contributed by atoms with van der Waals surface area (Å²) in [5, 5.41) is 3.28. The molecule has 0 aromatic carbocycles. The summed E-state index contributed by atoms with van der Waals surface area (Å²) in [6.45, 7) is 9.76. The summed E-state index contributed by atoms with van der Waals surface area (Å²) in [6.07, 6.45) is 3.60. The molecule has 0 unspecified atom stereocenters. The summed E-state index contributed by atoms with van der Waals surface area (Å²) < 4.78 is 26.2. The molecule has 0 aromatic heterocycles. The molecule has 0 spiro atoms. The summed E-state index contributed by atoms with van der Waals surface area (Å²) in [5.41, 5.74) is 0. The van der Waals surface area contributed by atoms with Gasteiger partial charge in [-0.05, 0) is 66.2 Å². The molecule has 0 saturated carbocycles. The number of nitrogens with one attached hydrogen (secondary N) is 2. The van der Waals surface area contributed by atoms with E-state index in [0.717, 1.165) is 45.3 Å². The molecule has 0 radical (unpaired) electrons. The number of hydrogen-bond donors (Lipinski definition) is 2. The zero-order valence-corrected chi connectivity index (χ0v) is 14.4. The zero-order valence-electron chi connectivity index (χ0n) is 13.6. The van der Waals surface area contributed by atoms with Crippen LogP contribution in [0, 0.1) is 0 Å². The van der Waals surface area contributed by atoms with Gasteiger partial charge in [-0.25, -0.2) is 13.1 Å². The van der Waals surface area contributed by atoms with E-state index in [1.54, 1.807) is 0 Å². The molecular formula is C14H33N3O2S. The maximum absolute atomic E-state index is 11.8. The Bertz CT molecular complexity index is 318. The Balaban J connectivity index is 3.59. The third kappa shape index (κ3) is 11.6. The molecule has 2 N–H and O–H groups in total. The minimum Gasteiger partial charge on any atom is -0.317 e. The summed E-state index contributed by atoms with van der Waals surface area (Å²) in [7, 11) is -1.03. The van der Waals surface area contributed by atoms with Gasteiger partial charge in [-0.1, -0.05) is 6.92 Å². The number of sulfonamides is 1. The van der Waals surface area contributed by atoms with E-state index in [0.29, 0.717) is 12.6 Å². The third-order valence-corrected chi connectivity index (χ3v) is 4.80. The topological polar surface area (TPSA) is 61.4 Å². The van der Waals surface area contributed by atoms with E-state index in [1.165, 1.54) is 0 Å². The molecule has 122 valence electrons. The van der Waals surface area contributed by atoms with Crippen LogP contribution in [0.5, 0.6) is 0 Å². The molecule has 0 amide bonds. The first-order valence-electron chi connectivity index (χ1n) is 7.77. The Morgan fingerprint density at radius 3 is 2.35 bits per heavy atom. The van der Waals surface area contributed by atoms with Gasteiger partial charge in [0.05, 0.1) is 5.75 Å². The Morgan fingerprint density at radius 1 is 1.05 bits per heavy atom. The molecule has 6 heteroatoms. The third-order valence-electron chi connectivity index (χ3n) is 3.33. The lowest BCUT2D eigenvalue weighted by molar-refractivity contribution is 0.271. The highest BCUT2D eigenvalue weighted by Gasteiger charge is 2.09. The first-order chi connectivity index (χ1) is 9.39. The van der Waals surface area contributed by atoms with E-state index in [2.05, 4.69) is 42.8 Å². The van der Waals surface area contributed by atoms with Gasteiger partial charge in [0, 0.05) is 12.6 Å². The highest BCUT2D eigenvalue weighted by molar-refractivity contribution is 7.89. The predicted molar refractivity (Wildman–Crippen MR) is 86.6 cm³/mol. The molecule has 0 saturated heterocycles. The van der Waals surface area contributed by atoms with Crippen molar-refractivity contribution in [1.29, 1.82) is 0 Å². The van der Waals surface area contributed by atoms with E-state index in [1.807, 2.05) is 0 Å². The minimum atomic E-state index is -3.09. The van der Waals surface area contributed by atoms with Crippen LogP contribution in [0.25, 0.3) is 0 Å².